The minimum atomic E-state index is -0.119. The van der Waals surface area contributed by atoms with Crippen LogP contribution in [0, 0.1) is 0 Å². The van der Waals surface area contributed by atoms with Gasteiger partial charge in [0, 0.05) is 42.9 Å². The van der Waals surface area contributed by atoms with E-state index in [0.717, 1.165) is 28.2 Å². The Morgan fingerprint density at radius 3 is 2.36 bits per heavy atom. The molecule has 1 fully saturated rings. The number of nitrogens with zero attached hydrogens (tertiary/aromatic N) is 4. The highest BCUT2D eigenvalue weighted by Crippen LogP contribution is 2.26. The van der Waals surface area contributed by atoms with Crippen LogP contribution < -0.4 is 20.7 Å². The summed E-state index contributed by atoms with van der Waals surface area (Å²) in [5.74, 6) is 2.35. The molecule has 2 heterocycles. The van der Waals surface area contributed by atoms with Gasteiger partial charge >= 0.3 is 6.03 Å². The fraction of sp³-hybridized carbons (Fsp3) is 0.160. The Kier molecular flexibility index (Phi) is 5.63. The first kappa shape index (κ1) is 20.6. The van der Waals surface area contributed by atoms with Crippen molar-refractivity contribution in [3.63, 3.8) is 0 Å². The molecule has 0 bridgehead atoms. The smallest absolute Gasteiger partial charge is 0.321 e. The van der Waals surface area contributed by atoms with Gasteiger partial charge in [-0.25, -0.2) is 14.8 Å². The van der Waals surface area contributed by atoms with Gasteiger partial charge in [-0.05, 0) is 54.6 Å². The molecule has 0 saturated carbocycles. The summed E-state index contributed by atoms with van der Waals surface area (Å²) in [5.41, 5.74) is 8.10. The second kappa shape index (κ2) is 9.04. The maximum Gasteiger partial charge on any atom is 0.321 e. The number of nitrogens with one attached hydrogen (secondary N) is 1. The van der Waals surface area contributed by atoms with Gasteiger partial charge in [0.2, 0.25) is 0 Å². The first-order valence-electron chi connectivity index (χ1n) is 10.8. The van der Waals surface area contributed by atoms with E-state index in [4.69, 9.17) is 10.5 Å². The lowest BCUT2D eigenvalue weighted by Gasteiger charge is -2.35. The first-order valence-corrected chi connectivity index (χ1v) is 10.8. The maximum atomic E-state index is 12.8. The van der Waals surface area contributed by atoms with Gasteiger partial charge < -0.3 is 25.6 Å². The largest absolute Gasteiger partial charge is 0.457 e. The summed E-state index contributed by atoms with van der Waals surface area (Å²) < 4.78 is 5.80. The Balaban J connectivity index is 1.18. The van der Waals surface area contributed by atoms with Crippen molar-refractivity contribution < 1.29 is 9.53 Å². The molecule has 1 saturated heterocycles. The summed E-state index contributed by atoms with van der Waals surface area (Å²) in [6.07, 6.45) is 1.56. The predicted octanol–water partition coefficient (Wildman–Crippen LogP) is 4.36. The molecule has 4 aromatic rings. The molecule has 3 aromatic carbocycles. The number of carbonyl (C=O) groups is 1. The Bertz CT molecular complexity index is 1260. The third-order valence-corrected chi connectivity index (χ3v) is 5.59. The molecule has 1 aromatic heterocycles. The second-order valence-corrected chi connectivity index (χ2v) is 7.82. The number of rotatable bonds is 4. The maximum absolute atomic E-state index is 12.8. The highest BCUT2D eigenvalue weighted by molar-refractivity contribution is 5.92. The van der Waals surface area contributed by atoms with E-state index < -0.39 is 0 Å². The van der Waals surface area contributed by atoms with Gasteiger partial charge in [-0.2, -0.15) is 0 Å². The lowest BCUT2D eigenvalue weighted by atomic mass is 10.2. The first-order chi connectivity index (χ1) is 16.2. The number of para-hydroxylation sites is 1. The van der Waals surface area contributed by atoms with Crippen molar-refractivity contribution in [2.45, 2.75) is 0 Å². The average molecular weight is 441 g/mol. The van der Waals surface area contributed by atoms with Gasteiger partial charge in [-0.1, -0.05) is 18.2 Å². The zero-order chi connectivity index (χ0) is 22.6. The van der Waals surface area contributed by atoms with Crippen molar-refractivity contribution in [2.75, 3.05) is 42.1 Å². The van der Waals surface area contributed by atoms with E-state index in [0.29, 0.717) is 37.6 Å². The number of amides is 2. The topological polar surface area (TPSA) is 96.6 Å². The zero-order valence-electron chi connectivity index (χ0n) is 18.0. The van der Waals surface area contributed by atoms with Gasteiger partial charge in [0.1, 0.15) is 23.6 Å². The molecular weight excluding hydrogens is 416 g/mol. The van der Waals surface area contributed by atoms with Crippen LogP contribution in [0.3, 0.4) is 0 Å². The van der Waals surface area contributed by atoms with Crippen LogP contribution in [0.5, 0.6) is 11.5 Å². The molecule has 2 amide bonds. The fourth-order valence-electron chi connectivity index (χ4n) is 3.87. The Morgan fingerprint density at radius 2 is 1.61 bits per heavy atom. The van der Waals surface area contributed by atoms with Crippen LogP contribution in [0.15, 0.2) is 79.1 Å². The van der Waals surface area contributed by atoms with E-state index in [-0.39, 0.29) is 6.03 Å². The number of hydrogen-bond donors (Lipinski definition) is 2. The van der Waals surface area contributed by atoms with Gasteiger partial charge in [-0.15, -0.1) is 0 Å². The standard InChI is InChI=1S/C25H24N6O2/c26-18-6-11-22-23(16-18)27-17-28-24(22)30-12-14-31(15-13-30)25(32)29-19-7-9-21(10-8-19)33-20-4-2-1-3-5-20/h1-11,16-17H,12-15,26H2,(H,29,32). The summed E-state index contributed by atoms with van der Waals surface area (Å²) in [5, 5.41) is 3.93. The molecule has 0 spiro atoms. The summed E-state index contributed by atoms with van der Waals surface area (Å²) >= 11 is 0. The molecule has 5 rings (SSSR count). The highest BCUT2D eigenvalue weighted by Gasteiger charge is 2.23. The molecular formula is C25H24N6O2. The van der Waals surface area contributed by atoms with Crippen LogP contribution in [-0.4, -0.2) is 47.1 Å². The lowest BCUT2D eigenvalue weighted by Crippen LogP contribution is -2.50. The van der Waals surface area contributed by atoms with E-state index in [2.05, 4.69) is 20.2 Å². The van der Waals surface area contributed by atoms with Crippen molar-refractivity contribution >= 4 is 34.1 Å². The molecule has 8 nitrogen and oxygen atoms in total. The average Bonchev–Trinajstić information content (AvgIpc) is 2.85. The summed E-state index contributed by atoms with van der Waals surface area (Å²) in [6, 6.07) is 22.5. The van der Waals surface area contributed by atoms with E-state index in [1.807, 2.05) is 77.7 Å². The minimum Gasteiger partial charge on any atom is -0.457 e. The Morgan fingerprint density at radius 1 is 0.879 bits per heavy atom. The van der Waals surface area contributed by atoms with E-state index >= 15 is 0 Å². The molecule has 0 radical (unpaired) electrons. The monoisotopic (exact) mass is 440 g/mol. The van der Waals surface area contributed by atoms with Gasteiger partial charge in [0.15, 0.2) is 0 Å². The molecule has 166 valence electrons. The number of fused-ring (bicyclic) bond motifs is 1. The highest BCUT2D eigenvalue weighted by atomic mass is 16.5. The van der Waals surface area contributed by atoms with Crippen molar-refractivity contribution in [1.82, 2.24) is 14.9 Å². The number of ether oxygens (including phenoxy) is 1. The van der Waals surface area contributed by atoms with Crippen LogP contribution in [0.4, 0.5) is 22.0 Å². The SMILES string of the molecule is Nc1ccc2c(N3CCN(C(=O)Nc4ccc(Oc5ccccc5)cc4)CC3)ncnc2c1. The lowest BCUT2D eigenvalue weighted by molar-refractivity contribution is 0.208. The number of nitrogens with two attached hydrogens (primary N) is 1. The number of aromatic nitrogens is 2. The zero-order valence-corrected chi connectivity index (χ0v) is 18.0. The number of nitrogen functional groups attached to an aromatic ring is 1. The van der Waals surface area contributed by atoms with Crippen molar-refractivity contribution in [2.24, 2.45) is 0 Å². The number of hydrogen-bond acceptors (Lipinski definition) is 6. The second-order valence-electron chi connectivity index (χ2n) is 7.82. The number of anilines is 3. The normalized spacial score (nSPS) is 13.7. The van der Waals surface area contributed by atoms with Gasteiger partial charge in [0.25, 0.3) is 0 Å². The molecule has 1 aliphatic rings. The number of urea groups is 1. The van der Waals surface area contributed by atoms with E-state index in [1.54, 1.807) is 6.33 Å². The third kappa shape index (κ3) is 4.64. The molecule has 0 unspecified atom stereocenters. The number of piperazine rings is 1. The third-order valence-electron chi connectivity index (χ3n) is 5.59. The molecule has 0 atom stereocenters. The van der Waals surface area contributed by atoms with Gasteiger partial charge in [-0.3, -0.25) is 0 Å². The molecule has 33 heavy (non-hydrogen) atoms. The number of carbonyl (C=O) groups excluding carboxylic acids is 1. The summed E-state index contributed by atoms with van der Waals surface area (Å²) in [4.78, 5) is 25.5. The van der Waals surface area contributed by atoms with Crippen molar-refractivity contribution in [1.29, 1.82) is 0 Å². The Hall–Kier alpha value is -4.33. The number of benzene rings is 3. The van der Waals surface area contributed by atoms with Crippen LogP contribution in [0.25, 0.3) is 10.9 Å². The quantitative estimate of drug-likeness (QED) is 0.458. The van der Waals surface area contributed by atoms with Crippen LogP contribution >= 0.6 is 0 Å². The minimum absolute atomic E-state index is 0.119. The van der Waals surface area contributed by atoms with E-state index in [1.165, 1.54) is 0 Å². The van der Waals surface area contributed by atoms with Gasteiger partial charge in [0.05, 0.1) is 5.52 Å². The summed E-state index contributed by atoms with van der Waals surface area (Å²) in [6.45, 7) is 2.57. The molecule has 8 heteroatoms. The van der Waals surface area contributed by atoms with E-state index in [9.17, 15) is 4.79 Å². The summed E-state index contributed by atoms with van der Waals surface area (Å²) in [7, 11) is 0. The van der Waals surface area contributed by atoms with Crippen LogP contribution in [0.1, 0.15) is 0 Å². The van der Waals surface area contributed by atoms with Crippen molar-refractivity contribution in [3.05, 3.63) is 79.1 Å². The van der Waals surface area contributed by atoms with Crippen LogP contribution in [0.2, 0.25) is 0 Å². The van der Waals surface area contributed by atoms with Crippen molar-refractivity contribution in [3.8, 4) is 11.5 Å². The van der Waals surface area contributed by atoms with Crippen LogP contribution in [-0.2, 0) is 0 Å². The predicted molar refractivity (Wildman–Crippen MR) is 130 cm³/mol. The molecule has 0 aliphatic carbocycles. The Labute approximate surface area is 191 Å². The fourth-order valence-corrected chi connectivity index (χ4v) is 3.87. The molecule has 1 aliphatic heterocycles. The molecule has 3 N–H and O–H groups in total.